The molecule has 0 aliphatic carbocycles. The summed E-state index contributed by atoms with van der Waals surface area (Å²) in [5, 5.41) is 17.0. The monoisotopic (exact) mass is 287 g/mol. The summed E-state index contributed by atoms with van der Waals surface area (Å²) in [6.07, 6.45) is 3.22. The molecule has 21 heavy (non-hydrogen) atoms. The van der Waals surface area contributed by atoms with Crippen molar-refractivity contribution >= 4 is 5.97 Å². The van der Waals surface area contributed by atoms with Crippen LogP contribution in [0.1, 0.15) is 29.4 Å². The second kappa shape index (κ2) is 5.97. The van der Waals surface area contributed by atoms with Crippen molar-refractivity contribution < 1.29 is 14.6 Å². The molecule has 0 saturated carbocycles. The number of nitrogens with one attached hydrogen (secondary N) is 1. The topological polar surface area (TPSA) is 76.4 Å². The summed E-state index contributed by atoms with van der Waals surface area (Å²) < 4.78 is 7.25. The van der Waals surface area contributed by atoms with Crippen molar-refractivity contribution in [1.82, 2.24) is 15.1 Å². The number of nitrogens with zero attached hydrogens (tertiary/aromatic N) is 2. The molecule has 0 amide bonds. The first kappa shape index (κ1) is 13.6. The Balaban J connectivity index is 1.90. The lowest BCUT2D eigenvalue weighted by Crippen LogP contribution is -2.31. The normalized spacial score (nSPS) is 15.8. The zero-order valence-electron chi connectivity index (χ0n) is 11.5. The largest absolute Gasteiger partial charge is 0.476 e. The average molecular weight is 287 g/mol. The minimum absolute atomic E-state index is 0.102. The number of hydrogen-bond acceptors (Lipinski definition) is 4. The number of carboxylic acid groups (broad SMARTS) is 1. The summed E-state index contributed by atoms with van der Waals surface area (Å²) in [5.41, 5.74) is 0.116. The van der Waals surface area contributed by atoms with E-state index in [1.54, 1.807) is 16.8 Å². The fraction of sp³-hybridized carbons (Fsp3) is 0.333. The molecule has 1 aliphatic heterocycles. The van der Waals surface area contributed by atoms with Crippen molar-refractivity contribution in [1.29, 1.82) is 0 Å². The van der Waals surface area contributed by atoms with Crippen LogP contribution in [0.4, 0.5) is 0 Å². The van der Waals surface area contributed by atoms with Gasteiger partial charge in [-0.1, -0.05) is 18.2 Å². The molecular weight excluding hydrogens is 270 g/mol. The molecule has 110 valence electrons. The summed E-state index contributed by atoms with van der Waals surface area (Å²) >= 11 is 0. The first-order chi connectivity index (χ1) is 10.3. The van der Waals surface area contributed by atoms with Gasteiger partial charge in [-0.05, 0) is 38.1 Å². The molecule has 1 fully saturated rings. The van der Waals surface area contributed by atoms with E-state index < -0.39 is 5.97 Å². The molecule has 1 aliphatic rings. The number of aromatic nitrogens is 2. The van der Waals surface area contributed by atoms with Crippen LogP contribution in [0, 0.1) is 0 Å². The maximum atomic E-state index is 11.6. The lowest BCUT2D eigenvalue weighted by atomic mass is 10.1. The van der Waals surface area contributed by atoms with Crippen LogP contribution < -0.4 is 10.1 Å². The van der Waals surface area contributed by atoms with Gasteiger partial charge in [0.2, 0.25) is 0 Å². The summed E-state index contributed by atoms with van der Waals surface area (Å²) in [7, 11) is 0. The number of para-hydroxylation sites is 1. The van der Waals surface area contributed by atoms with Crippen molar-refractivity contribution in [2.75, 3.05) is 13.1 Å². The van der Waals surface area contributed by atoms with Crippen LogP contribution in [-0.2, 0) is 0 Å². The summed E-state index contributed by atoms with van der Waals surface area (Å²) in [4.78, 5) is 11.6. The standard InChI is InChI=1S/C15H17N3O3/c19-15(20)14-13(21-12-4-2-1-3-5-12)10-17-18(14)11-6-8-16-9-7-11/h1-5,10-11,16H,6-9H2,(H,19,20). The first-order valence-corrected chi connectivity index (χ1v) is 7.00. The summed E-state index contributed by atoms with van der Waals surface area (Å²) in [5.74, 6) is -0.131. The van der Waals surface area contributed by atoms with Crippen LogP contribution in [0.3, 0.4) is 0 Å². The van der Waals surface area contributed by atoms with Crippen LogP contribution >= 0.6 is 0 Å². The van der Waals surface area contributed by atoms with Gasteiger partial charge in [-0.2, -0.15) is 5.10 Å². The van der Waals surface area contributed by atoms with E-state index in [0.717, 1.165) is 25.9 Å². The first-order valence-electron chi connectivity index (χ1n) is 7.00. The number of ether oxygens (including phenoxy) is 1. The van der Waals surface area contributed by atoms with Crippen molar-refractivity contribution in [2.45, 2.75) is 18.9 Å². The predicted octanol–water partition coefficient (Wildman–Crippen LogP) is 2.30. The van der Waals surface area contributed by atoms with Gasteiger partial charge < -0.3 is 15.2 Å². The number of aromatic carboxylic acids is 1. The van der Waals surface area contributed by atoms with Gasteiger partial charge in [0.1, 0.15) is 5.75 Å². The molecule has 2 N–H and O–H groups in total. The Hall–Kier alpha value is -2.34. The quantitative estimate of drug-likeness (QED) is 0.902. The molecule has 1 aromatic heterocycles. The third-order valence-corrected chi connectivity index (χ3v) is 3.59. The molecular formula is C15H17N3O3. The molecule has 0 spiro atoms. The van der Waals surface area contributed by atoms with E-state index in [-0.39, 0.29) is 17.5 Å². The number of rotatable bonds is 4. The highest BCUT2D eigenvalue weighted by Gasteiger charge is 2.26. The van der Waals surface area contributed by atoms with E-state index in [1.807, 2.05) is 18.2 Å². The van der Waals surface area contributed by atoms with Crippen LogP contribution in [0.5, 0.6) is 11.5 Å². The lowest BCUT2D eigenvalue weighted by Gasteiger charge is -2.23. The van der Waals surface area contributed by atoms with E-state index in [2.05, 4.69) is 10.4 Å². The zero-order valence-corrected chi connectivity index (χ0v) is 11.5. The summed E-state index contributed by atoms with van der Waals surface area (Å²) in [6.45, 7) is 1.75. The molecule has 0 atom stereocenters. The SMILES string of the molecule is O=C(O)c1c(Oc2ccccc2)cnn1C1CCNCC1. The molecule has 6 nitrogen and oxygen atoms in total. The summed E-state index contributed by atoms with van der Waals surface area (Å²) in [6, 6.07) is 9.23. The van der Waals surface area contributed by atoms with Gasteiger partial charge in [-0.3, -0.25) is 4.68 Å². The minimum Gasteiger partial charge on any atom is -0.476 e. The third-order valence-electron chi connectivity index (χ3n) is 3.59. The van der Waals surface area contributed by atoms with Gasteiger partial charge in [-0.15, -0.1) is 0 Å². The van der Waals surface area contributed by atoms with E-state index >= 15 is 0 Å². The number of benzene rings is 1. The molecule has 2 heterocycles. The number of carbonyl (C=O) groups is 1. The van der Waals surface area contributed by atoms with Gasteiger partial charge >= 0.3 is 5.97 Å². The van der Waals surface area contributed by atoms with Gasteiger partial charge in [0.25, 0.3) is 0 Å². The Morgan fingerprint density at radius 3 is 2.67 bits per heavy atom. The third kappa shape index (κ3) is 2.90. The van der Waals surface area contributed by atoms with Gasteiger partial charge in [-0.25, -0.2) is 4.79 Å². The molecule has 6 heteroatoms. The van der Waals surface area contributed by atoms with Gasteiger partial charge in [0, 0.05) is 0 Å². The molecule has 0 unspecified atom stereocenters. The fourth-order valence-electron chi connectivity index (χ4n) is 2.57. The van der Waals surface area contributed by atoms with Crippen LogP contribution in [-0.4, -0.2) is 33.9 Å². The number of piperidine rings is 1. The highest BCUT2D eigenvalue weighted by atomic mass is 16.5. The fourth-order valence-corrected chi connectivity index (χ4v) is 2.57. The maximum Gasteiger partial charge on any atom is 0.358 e. The zero-order chi connectivity index (χ0) is 14.7. The Morgan fingerprint density at radius 2 is 2.00 bits per heavy atom. The van der Waals surface area contributed by atoms with Gasteiger partial charge in [0.15, 0.2) is 11.4 Å². The second-order valence-corrected chi connectivity index (χ2v) is 5.00. The van der Waals surface area contributed by atoms with Crippen molar-refractivity contribution in [3.05, 3.63) is 42.2 Å². The minimum atomic E-state index is -1.02. The van der Waals surface area contributed by atoms with Crippen molar-refractivity contribution in [2.24, 2.45) is 0 Å². The molecule has 2 aromatic rings. The van der Waals surface area contributed by atoms with E-state index in [1.165, 1.54) is 6.20 Å². The smallest absolute Gasteiger partial charge is 0.358 e. The number of hydrogen-bond donors (Lipinski definition) is 2. The van der Waals surface area contributed by atoms with Crippen LogP contribution in [0.2, 0.25) is 0 Å². The highest BCUT2D eigenvalue weighted by Crippen LogP contribution is 2.29. The second-order valence-electron chi connectivity index (χ2n) is 5.00. The van der Waals surface area contributed by atoms with Crippen molar-refractivity contribution in [3.8, 4) is 11.5 Å². The van der Waals surface area contributed by atoms with E-state index in [0.29, 0.717) is 5.75 Å². The average Bonchev–Trinajstić information content (AvgIpc) is 2.93. The van der Waals surface area contributed by atoms with Crippen LogP contribution in [0.25, 0.3) is 0 Å². The molecule has 0 radical (unpaired) electrons. The van der Waals surface area contributed by atoms with Crippen molar-refractivity contribution in [3.63, 3.8) is 0 Å². The highest BCUT2D eigenvalue weighted by molar-refractivity contribution is 5.89. The Morgan fingerprint density at radius 1 is 1.29 bits per heavy atom. The number of carboxylic acids is 1. The van der Waals surface area contributed by atoms with E-state index in [9.17, 15) is 9.90 Å². The lowest BCUT2D eigenvalue weighted by molar-refractivity contribution is 0.0675. The Bertz CT molecular complexity index is 618. The maximum absolute atomic E-state index is 11.6. The molecule has 1 aromatic carbocycles. The predicted molar refractivity (Wildman–Crippen MR) is 76.8 cm³/mol. The molecule has 0 bridgehead atoms. The van der Waals surface area contributed by atoms with E-state index in [4.69, 9.17) is 4.74 Å². The van der Waals surface area contributed by atoms with Gasteiger partial charge in [0.05, 0.1) is 12.2 Å². The van der Waals surface area contributed by atoms with Crippen LogP contribution in [0.15, 0.2) is 36.5 Å². The Kier molecular flexibility index (Phi) is 3.87. The molecule has 3 rings (SSSR count). The Labute approximate surface area is 122 Å². The molecule has 1 saturated heterocycles.